The van der Waals surface area contributed by atoms with Crippen LogP contribution < -0.4 is 31.9 Å². The minimum Gasteiger partial charge on any atom is -0.477 e. The summed E-state index contributed by atoms with van der Waals surface area (Å²) in [5.74, 6) is -9.04. The Balaban J connectivity index is 0.813. The zero-order valence-corrected chi connectivity index (χ0v) is 53.9. The molecule has 26 nitrogen and oxygen atoms in total. The maximum absolute atomic E-state index is 13.0. The van der Waals surface area contributed by atoms with Gasteiger partial charge >= 0.3 is 11.9 Å². The van der Waals surface area contributed by atoms with Crippen LogP contribution in [0.1, 0.15) is 60.2 Å². The van der Waals surface area contributed by atoms with Gasteiger partial charge in [0.15, 0.2) is 0 Å². The van der Waals surface area contributed by atoms with Gasteiger partial charge in [0.2, 0.25) is 23.6 Å². The molecule has 14 N–H and O–H groups in total. The summed E-state index contributed by atoms with van der Waals surface area (Å²) in [5, 5.41) is 103. The smallest absolute Gasteiger partial charge is 0.364 e. The second kappa shape index (κ2) is 37.5. The van der Waals surface area contributed by atoms with Crippen LogP contribution in [0.5, 0.6) is 0 Å². The Labute approximate surface area is 548 Å². The average Bonchev–Trinajstić information content (AvgIpc) is 0.780. The number of rotatable bonds is 37. The molecule has 6 amide bonds. The molecule has 6 rings (SSSR count). The molecule has 0 saturated carbocycles. The van der Waals surface area contributed by atoms with Crippen LogP contribution in [0, 0.1) is 0 Å². The van der Waals surface area contributed by atoms with Gasteiger partial charge in [-0.2, -0.15) is 23.5 Å². The fraction of sp³-hybridized carbons (Fsp3) is 0.484. The predicted molar refractivity (Wildman–Crippen MR) is 346 cm³/mol. The molecular weight excluding hydrogens is 1280 g/mol. The number of amides is 6. The van der Waals surface area contributed by atoms with E-state index in [1.165, 1.54) is 45.1 Å². The van der Waals surface area contributed by atoms with E-state index in [1.54, 1.807) is 48.5 Å². The van der Waals surface area contributed by atoms with Crippen LogP contribution in [-0.4, -0.2) is 235 Å². The lowest BCUT2D eigenvalue weighted by atomic mass is 9.88. The average molecular weight is 1360 g/mol. The quantitative estimate of drug-likeness (QED) is 0.0224. The Bertz CT molecular complexity index is 2840. The minimum atomic E-state index is -2.48. The Morgan fingerprint density at radius 1 is 0.511 bits per heavy atom. The summed E-state index contributed by atoms with van der Waals surface area (Å²) in [6, 6.07) is 29.7. The minimum absolute atomic E-state index is 0.0731. The molecule has 4 aromatic rings. The molecule has 502 valence electrons. The van der Waals surface area contributed by atoms with E-state index < -0.39 is 134 Å². The number of hydrogen-bond acceptors (Lipinski definition) is 22. The summed E-state index contributed by atoms with van der Waals surface area (Å²) < 4.78 is 23.1. The number of nitrogens with one attached hydrogen (secondary N) is 6. The molecule has 30 heteroatoms. The van der Waals surface area contributed by atoms with Gasteiger partial charge in [-0.3, -0.25) is 28.8 Å². The number of carbonyl (C=O) groups excluding carboxylic acids is 6. The van der Waals surface area contributed by atoms with Gasteiger partial charge in [-0.15, -0.1) is 0 Å². The lowest BCUT2D eigenvalue weighted by molar-refractivity contribution is -0.310. The van der Waals surface area contributed by atoms with E-state index in [0.717, 1.165) is 36.1 Å². The van der Waals surface area contributed by atoms with Gasteiger partial charge in [-0.25, -0.2) is 9.59 Å². The number of hydrogen-bond donors (Lipinski definition) is 14. The van der Waals surface area contributed by atoms with E-state index in [4.69, 9.17) is 18.9 Å². The summed E-state index contributed by atoms with van der Waals surface area (Å²) in [6.45, 7) is 1.58. The molecule has 2 saturated heterocycles. The molecule has 0 spiro atoms. The van der Waals surface area contributed by atoms with Crippen molar-refractivity contribution in [2.45, 2.75) is 112 Å². The van der Waals surface area contributed by atoms with Crippen LogP contribution >= 0.6 is 45.1 Å². The fourth-order valence-electron chi connectivity index (χ4n) is 9.89. The van der Waals surface area contributed by atoms with Gasteiger partial charge in [-0.1, -0.05) is 107 Å². The number of thioether (sulfide) groups is 2. The Hall–Kier alpha value is -6.36. The van der Waals surface area contributed by atoms with Crippen molar-refractivity contribution in [2.24, 2.45) is 0 Å². The number of carboxylic acids is 2. The molecule has 2 fully saturated rings. The van der Waals surface area contributed by atoms with E-state index in [9.17, 15) is 79.2 Å². The summed E-state index contributed by atoms with van der Waals surface area (Å²) in [5.41, 5.74) is 4.18. The van der Waals surface area contributed by atoms with Gasteiger partial charge in [0.05, 0.1) is 61.2 Å². The Morgan fingerprint density at radius 2 is 0.859 bits per heavy atom. The van der Waals surface area contributed by atoms with Crippen molar-refractivity contribution >= 4 is 92.5 Å². The van der Waals surface area contributed by atoms with Gasteiger partial charge in [0.1, 0.15) is 24.4 Å². The molecular formula is C62H80N6O20S4. The first-order valence-corrected chi connectivity index (χ1v) is 34.4. The van der Waals surface area contributed by atoms with Crippen LogP contribution in [0.4, 0.5) is 0 Å². The molecule has 0 aliphatic carbocycles. The van der Waals surface area contributed by atoms with Crippen LogP contribution in [0.25, 0.3) is 22.3 Å². The predicted octanol–water partition coefficient (Wildman–Crippen LogP) is 1.39. The largest absolute Gasteiger partial charge is 0.477 e. The summed E-state index contributed by atoms with van der Waals surface area (Å²) in [4.78, 5) is 100. The Kier molecular flexibility index (Phi) is 30.4. The number of ether oxygens (including phenoxy) is 4. The monoisotopic (exact) mass is 1360 g/mol. The number of aliphatic hydroxyl groups excluding tert-OH is 6. The second-order valence-corrected chi connectivity index (χ2v) is 26.5. The lowest BCUT2D eigenvalue weighted by Gasteiger charge is -2.46. The number of carbonyl (C=O) groups is 8. The van der Waals surface area contributed by atoms with E-state index in [-0.39, 0.29) is 47.7 Å². The van der Waals surface area contributed by atoms with Crippen molar-refractivity contribution in [1.82, 2.24) is 31.9 Å². The molecule has 2 heterocycles. The third-order valence-corrected chi connectivity index (χ3v) is 18.9. The van der Waals surface area contributed by atoms with Crippen molar-refractivity contribution in [1.29, 1.82) is 0 Å². The molecule has 12 atom stereocenters. The number of carboxylic acid groups (broad SMARTS) is 2. The van der Waals surface area contributed by atoms with Crippen molar-refractivity contribution < 1.29 is 98.2 Å². The molecule has 0 bridgehead atoms. The Morgan fingerprint density at radius 3 is 1.20 bits per heavy atom. The highest BCUT2D eigenvalue weighted by Crippen LogP contribution is 2.36. The number of aliphatic carboxylic acids is 2. The maximum atomic E-state index is 13.0. The zero-order chi connectivity index (χ0) is 66.8. The van der Waals surface area contributed by atoms with Crippen molar-refractivity contribution in [3.8, 4) is 22.3 Å². The lowest BCUT2D eigenvalue weighted by Crippen LogP contribution is -2.68. The first kappa shape index (κ1) is 74.7. The van der Waals surface area contributed by atoms with Crippen molar-refractivity contribution in [2.75, 3.05) is 73.9 Å². The van der Waals surface area contributed by atoms with Crippen LogP contribution in [0.3, 0.4) is 0 Å². The standard InChI is InChI=1S/C62H80N6O20S4/c1-37(69)67-51-45(71)31-61(59(81)82,87-55(51)53(77)47(73)33-65-57(79)43-19-15-41(16-20-43)39-11-5-3-6-12-39)85-25-9-27-89-29-23-63-49(75)35-91-92-36-50(76)64-24-30-90-28-10-26-86-62(60(83)84)32-46(72)52(68-38(2)70)56(88-62)54(78)48(74)34-66-58(80)44-21-17-42(18-22-44)40-13-7-4-8-14-40/h3-8,11-22,45-48,51-56,71-74,77-78H,9-10,23-36H2,1-2H3,(H,63,75)(H,64,76)(H,65,79)(H,66,80)(H,67,69)(H,68,70)(H,81,82)(H,83,84)/t45-,46-,47+,48+,51+,52+,53+,54+,55+,56+,61+,62+/m0/s1. The van der Waals surface area contributed by atoms with Gasteiger partial charge in [0, 0.05) is 75.5 Å². The van der Waals surface area contributed by atoms with Crippen LogP contribution in [0.15, 0.2) is 109 Å². The molecule has 0 aromatic heterocycles. The highest BCUT2D eigenvalue weighted by molar-refractivity contribution is 8.77. The third kappa shape index (κ3) is 22.7. The van der Waals surface area contributed by atoms with E-state index in [1.807, 2.05) is 60.7 Å². The molecule has 0 radical (unpaired) electrons. The van der Waals surface area contributed by atoms with E-state index >= 15 is 0 Å². The summed E-state index contributed by atoms with van der Waals surface area (Å²) in [6.07, 6.45) is -14.6. The molecule has 2 aliphatic rings. The van der Waals surface area contributed by atoms with Crippen molar-refractivity contribution in [3.63, 3.8) is 0 Å². The first-order valence-electron chi connectivity index (χ1n) is 29.6. The summed E-state index contributed by atoms with van der Waals surface area (Å²) in [7, 11) is 2.38. The van der Waals surface area contributed by atoms with Gasteiger partial charge < -0.3 is 91.7 Å². The SMILES string of the molecule is CC(=O)N[C@H]1[C@H]([C@H](O)[C@H](O)CNC(=O)c2ccc(-c3ccccc3)cc2)O[C@@](OCCCSCCNC(=O)CSSCC(=O)NCCSCCCO[C@]2(C(=O)O)C[C@H](O)[C@@H](NC(C)=O)[C@H]([C@H](O)[C@H](O)CNC(=O)c3ccc(-c4ccccc4)cc3)O2)(C(=O)O)C[C@@H]1O. The highest BCUT2D eigenvalue weighted by atomic mass is 33.1. The third-order valence-electron chi connectivity index (χ3n) is 14.6. The fourth-order valence-corrected chi connectivity index (χ4v) is 13.2. The number of benzene rings is 4. The van der Waals surface area contributed by atoms with Gasteiger partial charge in [-0.05, 0) is 70.9 Å². The molecule has 92 heavy (non-hydrogen) atoms. The van der Waals surface area contributed by atoms with Gasteiger partial charge in [0.25, 0.3) is 23.4 Å². The molecule has 0 unspecified atom stereocenters. The summed E-state index contributed by atoms with van der Waals surface area (Å²) >= 11 is 2.88. The van der Waals surface area contributed by atoms with Crippen LogP contribution in [-0.2, 0) is 47.7 Å². The normalized spacial score (nSPS) is 22.5. The molecule has 4 aromatic carbocycles. The molecule has 2 aliphatic heterocycles. The van der Waals surface area contributed by atoms with E-state index in [0.29, 0.717) is 48.9 Å². The topological polar surface area (TPSA) is 408 Å². The van der Waals surface area contributed by atoms with E-state index in [2.05, 4.69) is 31.9 Å². The zero-order valence-electron chi connectivity index (χ0n) is 50.6. The van der Waals surface area contributed by atoms with Crippen molar-refractivity contribution in [3.05, 3.63) is 120 Å². The first-order chi connectivity index (χ1) is 44.0. The second-order valence-electron chi connectivity index (χ2n) is 21.6. The van der Waals surface area contributed by atoms with Crippen LogP contribution in [0.2, 0.25) is 0 Å². The maximum Gasteiger partial charge on any atom is 0.364 e. The number of aliphatic hydroxyl groups is 6. The highest BCUT2D eigenvalue weighted by Gasteiger charge is 2.57.